The Morgan fingerprint density at radius 1 is 0.979 bits per heavy atom. The predicted octanol–water partition coefficient (Wildman–Crippen LogP) is 5.58. The van der Waals surface area contributed by atoms with Crippen LogP contribution < -0.4 is 5.32 Å². The number of aromatic nitrogens is 5. The second kappa shape index (κ2) is 12.8. The number of anilines is 1. The van der Waals surface area contributed by atoms with E-state index in [0.29, 0.717) is 68.3 Å². The van der Waals surface area contributed by atoms with Crippen LogP contribution in [0.25, 0.3) is 39.1 Å². The number of halogens is 1. The molecule has 1 fully saturated rings. The van der Waals surface area contributed by atoms with Crippen LogP contribution in [0.4, 0.5) is 10.1 Å². The maximum Gasteiger partial charge on any atom is 0.237 e. The molecule has 5 heterocycles. The third kappa shape index (κ3) is 6.26. The molecule has 1 atom stereocenters. The van der Waals surface area contributed by atoms with E-state index >= 15 is 0 Å². The van der Waals surface area contributed by atoms with Crippen molar-refractivity contribution in [2.75, 3.05) is 38.0 Å². The lowest BCUT2D eigenvalue weighted by molar-refractivity contribution is -0.132. The van der Waals surface area contributed by atoms with E-state index in [-0.39, 0.29) is 11.8 Å². The molecule has 0 spiro atoms. The number of nitrogens with zero attached hydrogens (tertiary/aromatic N) is 6. The number of nitrogens with one attached hydrogen (secondary N) is 2. The molecule has 5 aromatic rings. The molecule has 0 bridgehead atoms. The normalized spacial score (nSPS) is 18.3. The number of benzene rings is 2. The lowest BCUT2D eigenvalue weighted by Gasteiger charge is -2.30. The summed E-state index contributed by atoms with van der Waals surface area (Å²) in [5, 5.41) is 11.3. The monoisotopic (exact) mass is 630 g/mol. The van der Waals surface area contributed by atoms with Crippen molar-refractivity contribution in [3.63, 3.8) is 0 Å². The van der Waals surface area contributed by atoms with Crippen LogP contribution in [0.3, 0.4) is 0 Å². The van der Waals surface area contributed by atoms with Crippen molar-refractivity contribution in [1.82, 2.24) is 34.9 Å². The van der Waals surface area contributed by atoms with Gasteiger partial charge in [-0.05, 0) is 73.3 Å². The summed E-state index contributed by atoms with van der Waals surface area (Å²) in [5.41, 5.74) is 5.51. The summed E-state index contributed by atoms with van der Waals surface area (Å²) in [7, 11) is 0. The van der Waals surface area contributed by atoms with Crippen molar-refractivity contribution >= 4 is 34.0 Å². The van der Waals surface area contributed by atoms with E-state index in [0.717, 1.165) is 28.5 Å². The van der Waals surface area contributed by atoms with Crippen molar-refractivity contribution in [2.24, 2.45) is 5.41 Å². The Kier molecular flexibility index (Phi) is 8.30. The minimum Gasteiger partial charge on any atom is -0.338 e. The zero-order valence-electron chi connectivity index (χ0n) is 26.1. The summed E-state index contributed by atoms with van der Waals surface area (Å²) >= 11 is 0. The van der Waals surface area contributed by atoms with Gasteiger partial charge in [-0.2, -0.15) is 9.49 Å². The van der Waals surface area contributed by atoms with Gasteiger partial charge in [0.25, 0.3) is 0 Å². The molecule has 3 aromatic heterocycles. The van der Waals surface area contributed by atoms with Crippen LogP contribution in [-0.2, 0) is 9.59 Å². The number of likely N-dealkylation sites (tertiary alicyclic amines) is 1. The van der Waals surface area contributed by atoms with Gasteiger partial charge < -0.3 is 10.2 Å². The summed E-state index contributed by atoms with van der Waals surface area (Å²) in [6.07, 6.45) is 9.18. The van der Waals surface area contributed by atoms with Gasteiger partial charge in [0.1, 0.15) is 5.69 Å². The largest absolute Gasteiger partial charge is 0.338 e. The Morgan fingerprint density at radius 3 is 2.49 bits per heavy atom. The van der Waals surface area contributed by atoms with Crippen LogP contribution in [0.1, 0.15) is 31.7 Å². The fourth-order valence-corrected chi connectivity index (χ4v) is 6.55. The summed E-state index contributed by atoms with van der Waals surface area (Å²) < 4.78 is 13.4. The first-order valence-electron chi connectivity index (χ1n) is 15.9. The number of carbonyl (C=O) groups is 2. The van der Waals surface area contributed by atoms with E-state index < -0.39 is 11.4 Å². The Morgan fingerprint density at radius 2 is 1.77 bits per heavy atom. The number of hydrogen-bond acceptors (Lipinski definition) is 7. The molecule has 7 rings (SSSR count). The zero-order valence-corrected chi connectivity index (χ0v) is 26.1. The molecule has 2 amide bonds. The molecule has 1 unspecified atom stereocenters. The van der Waals surface area contributed by atoms with Crippen LogP contribution in [0.5, 0.6) is 0 Å². The highest BCUT2D eigenvalue weighted by molar-refractivity contribution is 6.00. The Balaban J connectivity index is 0.960. The first-order valence-corrected chi connectivity index (χ1v) is 15.9. The van der Waals surface area contributed by atoms with Gasteiger partial charge in [-0.3, -0.25) is 19.6 Å². The van der Waals surface area contributed by atoms with Gasteiger partial charge in [-0.1, -0.05) is 37.3 Å². The van der Waals surface area contributed by atoms with E-state index in [1.165, 1.54) is 17.8 Å². The van der Waals surface area contributed by atoms with E-state index in [9.17, 15) is 14.0 Å². The summed E-state index contributed by atoms with van der Waals surface area (Å²) in [6.45, 7) is 4.75. The van der Waals surface area contributed by atoms with Crippen molar-refractivity contribution in [2.45, 2.75) is 26.2 Å². The number of hydrogen-bond donors (Lipinski definition) is 2. The van der Waals surface area contributed by atoms with E-state index in [4.69, 9.17) is 0 Å². The fraction of sp³-hybridized carbons (Fsp3) is 0.278. The number of H-pyrrole nitrogens is 1. The molecule has 47 heavy (non-hydrogen) atoms. The number of carbonyl (C=O) groups excluding carboxylic acids is 2. The topological polar surface area (TPSA) is 120 Å². The fourth-order valence-electron chi connectivity index (χ4n) is 6.55. The highest BCUT2D eigenvalue weighted by Crippen LogP contribution is 2.36. The van der Waals surface area contributed by atoms with Crippen LogP contribution >= 0.6 is 0 Å². The van der Waals surface area contributed by atoms with Crippen molar-refractivity contribution in [3.05, 3.63) is 96.8 Å². The number of fused-ring (bicyclic) bond motifs is 1. The Hall–Kier alpha value is -5.29. The van der Waals surface area contributed by atoms with Crippen LogP contribution in [0.2, 0.25) is 0 Å². The zero-order chi connectivity index (χ0) is 32.4. The van der Waals surface area contributed by atoms with Gasteiger partial charge in [0.05, 0.1) is 17.5 Å². The molecule has 2 aromatic carbocycles. The summed E-state index contributed by atoms with van der Waals surface area (Å²) in [6, 6.07) is 18.5. The standard InChI is InChI=1S/C36H35FN8O2/c1-2-36(35(47)41-28-9-10-30-29(20-28)33(43-42-30)27-8-11-31(37)40-21-27)14-19-44(23-36)22-32(46)45-17-12-25(13-18-45)24-4-6-26(7-5-24)34-38-15-3-16-39-34/h3-12,15-16,20-21H,2,13-14,17-19,22-23H2,1H3,(H,41,47)(H,42,43). The molecular weight excluding hydrogens is 595 g/mol. The third-order valence-electron chi connectivity index (χ3n) is 9.41. The van der Waals surface area contributed by atoms with Crippen LogP contribution in [-0.4, -0.2) is 79.5 Å². The summed E-state index contributed by atoms with van der Waals surface area (Å²) in [5.74, 6) is 0.166. The molecule has 2 aliphatic rings. The number of aromatic amines is 1. The SMILES string of the molecule is CCC1(C(=O)Nc2ccc3[nH]nc(-c4ccc(F)nc4)c3c2)CCN(CC(=O)N2CC=C(c3ccc(-c4ncccn4)cc3)CC2)C1. The molecule has 11 heteroatoms. The Labute approximate surface area is 271 Å². The molecule has 2 N–H and O–H groups in total. The third-order valence-corrected chi connectivity index (χ3v) is 9.41. The highest BCUT2D eigenvalue weighted by Gasteiger charge is 2.43. The Bertz CT molecular complexity index is 1940. The number of amides is 2. The smallest absolute Gasteiger partial charge is 0.237 e. The number of pyridine rings is 1. The maximum absolute atomic E-state index is 13.7. The molecule has 238 valence electrons. The molecule has 0 aliphatic carbocycles. The molecule has 1 saturated heterocycles. The van der Waals surface area contributed by atoms with Gasteiger partial charge in [0, 0.05) is 60.4 Å². The van der Waals surface area contributed by atoms with E-state index in [2.05, 4.69) is 53.6 Å². The van der Waals surface area contributed by atoms with Gasteiger partial charge in [-0.25, -0.2) is 15.0 Å². The second-order valence-electron chi connectivity index (χ2n) is 12.2. The average Bonchev–Trinajstić information content (AvgIpc) is 3.74. The van der Waals surface area contributed by atoms with Gasteiger partial charge in [-0.15, -0.1) is 0 Å². The summed E-state index contributed by atoms with van der Waals surface area (Å²) in [4.78, 5) is 43.4. The van der Waals surface area contributed by atoms with E-state index in [1.807, 2.05) is 42.2 Å². The first kappa shape index (κ1) is 30.4. The quantitative estimate of drug-likeness (QED) is 0.215. The van der Waals surface area contributed by atoms with Gasteiger partial charge >= 0.3 is 0 Å². The molecule has 10 nitrogen and oxygen atoms in total. The van der Waals surface area contributed by atoms with Gasteiger partial charge in [0.15, 0.2) is 5.82 Å². The molecular formula is C36H35FN8O2. The minimum atomic E-state index is -0.596. The number of rotatable bonds is 8. The highest BCUT2D eigenvalue weighted by atomic mass is 19.1. The van der Waals surface area contributed by atoms with Crippen molar-refractivity contribution in [1.29, 1.82) is 0 Å². The second-order valence-corrected chi connectivity index (χ2v) is 12.2. The average molecular weight is 631 g/mol. The maximum atomic E-state index is 13.7. The van der Waals surface area contributed by atoms with Crippen LogP contribution in [0.15, 0.2) is 85.3 Å². The lowest BCUT2D eigenvalue weighted by Crippen LogP contribution is -2.43. The van der Waals surface area contributed by atoms with Crippen molar-refractivity contribution in [3.8, 4) is 22.6 Å². The van der Waals surface area contributed by atoms with Crippen molar-refractivity contribution < 1.29 is 14.0 Å². The molecule has 0 saturated carbocycles. The molecule has 2 aliphatic heterocycles. The predicted molar refractivity (Wildman–Crippen MR) is 178 cm³/mol. The molecule has 0 radical (unpaired) electrons. The first-order chi connectivity index (χ1) is 22.9. The van der Waals surface area contributed by atoms with Gasteiger partial charge in [0.2, 0.25) is 17.8 Å². The van der Waals surface area contributed by atoms with Crippen LogP contribution in [0, 0.1) is 11.4 Å². The lowest BCUT2D eigenvalue weighted by atomic mass is 9.83. The minimum absolute atomic E-state index is 0.0572. The van der Waals surface area contributed by atoms with E-state index in [1.54, 1.807) is 24.5 Å².